The fraction of sp³-hybridized carbons (Fsp3) is 0.235. The van der Waals surface area contributed by atoms with Crippen molar-refractivity contribution in [3.05, 3.63) is 56.3 Å². The van der Waals surface area contributed by atoms with Crippen molar-refractivity contribution in [1.82, 2.24) is 19.1 Å². The molecule has 0 saturated heterocycles. The van der Waals surface area contributed by atoms with Crippen molar-refractivity contribution >= 4 is 22.8 Å². The van der Waals surface area contributed by atoms with Gasteiger partial charge in [0, 0.05) is 25.6 Å². The molecule has 0 radical (unpaired) electrons. The first-order chi connectivity index (χ1) is 12.0. The molecule has 0 fully saturated rings. The zero-order valence-corrected chi connectivity index (χ0v) is 14.2. The molecule has 0 saturated carbocycles. The lowest BCUT2D eigenvalue weighted by Gasteiger charge is -2.11. The van der Waals surface area contributed by atoms with Crippen LogP contribution in [0.2, 0.25) is 5.15 Å². The number of rotatable bonds is 4. The van der Waals surface area contributed by atoms with Crippen LogP contribution in [0.3, 0.4) is 0 Å². The maximum absolute atomic E-state index is 12.7. The minimum absolute atomic E-state index is 0.0716. The molecular formula is C17H14ClN5O2. The van der Waals surface area contributed by atoms with E-state index in [0.717, 1.165) is 10.1 Å². The Balaban J connectivity index is 2.27. The predicted octanol–water partition coefficient (Wildman–Crippen LogP) is 2.11. The maximum atomic E-state index is 12.7. The van der Waals surface area contributed by atoms with Crippen molar-refractivity contribution < 1.29 is 0 Å². The van der Waals surface area contributed by atoms with E-state index in [9.17, 15) is 9.59 Å². The van der Waals surface area contributed by atoms with Gasteiger partial charge >= 0.3 is 5.69 Å². The van der Waals surface area contributed by atoms with Gasteiger partial charge in [-0.05, 0) is 6.42 Å². The van der Waals surface area contributed by atoms with Crippen LogP contribution in [0.1, 0.15) is 12.8 Å². The summed E-state index contributed by atoms with van der Waals surface area (Å²) < 4.78 is 2.33. The highest BCUT2D eigenvalue weighted by Crippen LogP contribution is 2.25. The van der Waals surface area contributed by atoms with Gasteiger partial charge in [0.15, 0.2) is 16.3 Å². The standard InChI is InChI=1S/C17H14ClN5O2/c1-22-15-13(16(24)23(17(22)25)10-6-5-9-19)20-12(14(18)21-15)11-7-3-2-4-8-11/h2-4,7-8H,5-6,10H2,1H3. The van der Waals surface area contributed by atoms with Crippen LogP contribution in [-0.4, -0.2) is 19.1 Å². The number of aryl methyl sites for hydroxylation is 1. The Bertz CT molecular complexity index is 1100. The van der Waals surface area contributed by atoms with E-state index < -0.39 is 11.2 Å². The van der Waals surface area contributed by atoms with Crippen molar-refractivity contribution in [1.29, 1.82) is 5.26 Å². The number of fused-ring (bicyclic) bond motifs is 1. The SMILES string of the molecule is Cn1c(=O)n(CCCC#N)c(=O)c2nc(-c3ccccc3)c(Cl)nc21. The smallest absolute Gasteiger partial charge is 0.279 e. The number of nitrogens with zero attached hydrogens (tertiary/aromatic N) is 5. The minimum atomic E-state index is -0.530. The van der Waals surface area contributed by atoms with Gasteiger partial charge in [0.25, 0.3) is 5.56 Å². The first-order valence-corrected chi connectivity index (χ1v) is 8.02. The van der Waals surface area contributed by atoms with E-state index in [4.69, 9.17) is 16.9 Å². The van der Waals surface area contributed by atoms with Gasteiger partial charge in [-0.15, -0.1) is 0 Å². The van der Waals surface area contributed by atoms with Gasteiger partial charge in [-0.3, -0.25) is 13.9 Å². The van der Waals surface area contributed by atoms with Crippen molar-refractivity contribution in [2.45, 2.75) is 19.4 Å². The molecule has 126 valence electrons. The Labute approximate surface area is 147 Å². The fourth-order valence-corrected chi connectivity index (χ4v) is 2.80. The quantitative estimate of drug-likeness (QED) is 0.668. The summed E-state index contributed by atoms with van der Waals surface area (Å²) in [6.07, 6.45) is 0.666. The molecule has 0 bridgehead atoms. The van der Waals surface area contributed by atoms with E-state index in [1.54, 1.807) is 0 Å². The van der Waals surface area contributed by atoms with E-state index in [2.05, 4.69) is 9.97 Å². The first-order valence-electron chi connectivity index (χ1n) is 7.64. The van der Waals surface area contributed by atoms with E-state index in [-0.39, 0.29) is 29.3 Å². The monoisotopic (exact) mass is 355 g/mol. The van der Waals surface area contributed by atoms with Crippen LogP contribution in [0, 0.1) is 11.3 Å². The molecule has 0 atom stereocenters. The highest BCUT2D eigenvalue weighted by Gasteiger charge is 2.17. The summed E-state index contributed by atoms with van der Waals surface area (Å²) >= 11 is 6.22. The summed E-state index contributed by atoms with van der Waals surface area (Å²) in [6, 6.07) is 11.1. The van der Waals surface area contributed by atoms with Gasteiger partial charge in [-0.25, -0.2) is 14.8 Å². The molecule has 25 heavy (non-hydrogen) atoms. The summed E-state index contributed by atoms with van der Waals surface area (Å²) in [5, 5.41) is 8.77. The third-order valence-electron chi connectivity index (χ3n) is 3.84. The van der Waals surface area contributed by atoms with E-state index in [0.29, 0.717) is 12.1 Å². The molecule has 0 spiro atoms. The average molecular weight is 356 g/mol. The minimum Gasteiger partial charge on any atom is -0.279 e. The summed E-state index contributed by atoms with van der Waals surface area (Å²) in [4.78, 5) is 33.7. The third-order valence-corrected chi connectivity index (χ3v) is 4.10. The van der Waals surface area contributed by atoms with E-state index >= 15 is 0 Å². The second kappa shape index (κ2) is 6.87. The molecule has 0 N–H and O–H groups in total. The lowest BCUT2D eigenvalue weighted by molar-refractivity contribution is 0.577. The number of halogens is 1. The molecule has 3 aromatic rings. The molecule has 2 heterocycles. The Morgan fingerprint density at radius 1 is 1.20 bits per heavy atom. The van der Waals surface area contributed by atoms with Gasteiger partial charge in [0.2, 0.25) is 0 Å². The number of aromatic nitrogens is 4. The van der Waals surface area contributed by atoms with Crippen LogP contribution >= 0.6 is 11.6 Å². The zero-order chi connectivity index (χ0) is 18.0. The van der Waals surface area contributed by atoms with E-state index in [1.165, 1.54) is 11.6 Å². The van der Waals surface area contributed by atoms with Crippen LogP contribution in [0.4, 0.5) is 0 Å². The maximum Gasteiger partial charge on any atom is 0.332 e. The summed E-state index contributed by atoms with van der Waals surface area (Å²) in [7, 11) is 1.51. The lowest BCUT2D eigenvalue weighted by atomic mass is 10.1. The molecule has 7 nitrogen and oxygen atoms in total. The van der Waals surface area contributed by atoms with Crippen LogP contribution in [0.25, 0.3) is 22.4 Å². The second-order valence-electron chi connectivity index (χ2n) is 5.46. The highest BCUT2D eigenvalue weighted by molar-refractivity contribution is 6.32. The molecule has 8 heteroatoms. The molecule has 0 unspecified atom stereocenters. The number of nitriles is 1. The zero-order valence-electron chi connectivity index (χ0n) is 13.4. The number of hydrogen-bond acceptors (Lipinski definition) is 5. The highest BCUT2D eigenvalue weighted by atomic mass is 35.5. The third kappa shape index (κ3) is 3.04. The number of unbranched alkanes of at least 4 members (excludes halogenated alkanes) is 1. The van der Waals surface area contributed by atoms with Crippen molar-refractivity contribution in [3.63, 3.8) is 0 Å². The molecule has 2 aromatic heterocycles. The largest absolute Gasteiger partial charge is 0.332 e. The average Bonchev–Trinajstić information content (AvgIpc) is 2.63. The molecule has 0 aliphatic rings. The van der Waals surface area contributed by atoms with Crippen LogP contribution in [0.15, 0.2) is 39.9 Å². The van der Waals surface area contributed by atoms with Crippen LogP contribution in [0.5, 0.6) is 0 Å². The van der Waals surface area contributed by atoms with Crippen molar-refractivity contribution in [2.24, 2.45) is 7.05 Å². The molecular weight excluding hydrogens is 342 g/mol. The predicted molar refractivity (Wildman–Crippen MR) is 94.3 cm³/mol. The Morgan fingerprint density at radius 3 is 2.60 bits per heavy atom. The van der Waals surface area contributed by atoms with Crippen LogP contribution < -0.4 is 11.2 Å². The fourth-order valence-electron chi connectivity index (χ4n) is 2.56. The molecule has 3 rings (SSSR count). The van der Waals surface area contributed by atoms with Crippen molar-refractivity contribution in [2.75, 3.05) is 0 Å². The molecule has 0 aliphatic heterocycles. The number of hydrogen-bond donors (Lipinski definition) is 0. The van der Waals surface area contributed by atoms with Gasteiger partial charge in [0.05, 0.1) is 6.07 Å². The van der Waals surface area contributed by atoms with Gasteiger partial charge in [-0.1, -0.05) is 41.9 Å². The summed E-state index contributed by atoms with van der Waals surface area (Å²) in [5.74, 6) is 0. The van der Waals surface area contributed by atoms with Gasteiger partial charge in [-0.2, -0.15) is 5.26 Å². The molecule has 0 aliphatic carbocycles. The number of benzene rings is 1. The Hall–Kier alpha value is -2.98. The Morgan fingerprint density at radius 2 is 1.92 bits per heavy atom. The van der Waals surface area contributed by atoms with E-state index in [1.807, 2.05) is 36.4 Å². The van der Waals surface area contributed by atoms with Crippen molar-refractivity contribution in [3.8, 4) is 17.3 Å². The van der Waals surface area contributed by atoms with Gasteiger partial charge < -0.3 is 0 Å². The normalized spacial score (nSPS) is 10.8. The Kier molecular flexibility index (Phi) is 4.63. The molecule has 0 amide bonds. The molecule has 1 aromatic carbocycles. The topological polar surface area (TPSA) is 93.6 Å². The van der Waals surface area contributed by atoms with Gasteiger partial charge in [0.1, 0.15) is 5.69 Å². The second-order valence-corrected chi connectivity index (χ2v) is 5.82. The lowest BCUT2D eigenvalue weighted by Crippen LogP contribution is -2.39. The van der Waals surface area contributed by atoms with Crippen LogP contribution in [-0.2, 0) is 13.6 Å². The first kappa shape index (κ1) is 16.9. The summed E-state index contributed by atoms with van der Waals surface area (Å²) in [6.45, 7) is 0.153. The summed E-state index contributed by atoms with van der Waals surface area (Å²) in [5.41, 5.74) is 0.282.